The molecule has 2 heterocycles. The van der Waals surface area contributed by atoms with E-state index in [0.717, 1.165) is 37.8 Å². The first-order valence-corrected chi connectivity index (χ1v) is 8.49. The van der Waals surface area contributed by atoms with Crippen LogP contribution >= 0.6 is 15.9 Å². The molecule has 0 saturated heterocycles. The summed E-state index contributed by atoms with van der Waals surface area (Å²) in [7, 11) is 0. The van der Waals surface area contributed by atoms with Gasteiger partial charge in [0.1, 0.15) is 17.5 Å². The Morgan fingerprint density at radius 2 is 1.80 bits per heavy atom. The normalized spacial score (nSPS) is 10.7. The summed E-state index contributed by atoms with van der Waals surface area (Å²) in [5, 5.41) is 10.6. The number of pyridine rings is 1. The van der Waals surface area contributed by atoms with Crippen molar-refractivity contribution in [2.24, 2.45) is 0 Å². The molecular weight excluding hydrogens is 376 g/mol. The van der Waals surface area contributed by atoms with Crippen LogP contribution in [0, 0.1) is 11.3 Å². The van der Waals surface area contributed by atoms with Crippen LogP contribution in [0.5, 0.6) is 0 Å². The third-order valence-corrected chi connectivity index (χ3v) is 4.71. The molecule has 5 heteroatoms. The molecule has 0 saturated carbocycles. The number of rotatable bonds is 2. The largest absolute Gasteiger partial charge is 0.383 e. The van der Waals surface area contributed by atoms with Gasteiger partial charge in [-0.3, -0.25) is 0 Å². The summed E-state index contributed by atoms with van der Waals surface area (Å²) in [5.41, 5.74) is 10.9. The van der Waals surface area contributed by atoms with Crippen molar-refractivity contribution in [2.75, 3.05) is 5.73 Å². The van der Waals surface area contributed by atoms with Crippen LogP contribution in [-0.4, -0.2) is 9.97 Å². The minimum absolute atomic E-state index is 0.239. The van der Waals surface area contributed by atoms with Gasteiger partial charge in [0.25, 0.3) is 0 Å². The number of nitrogen functional groups attached to an aromatic ring is 1. The van der Waals surface area contributed by atoms with Crippen LogP contribution in [0.15, 0.2) is 65.3 Å². The van der Waals surface area contributed by atoms with Gasteiger partial charge in [-0.1, -0.05) is 46.3 Å². The van der Waals surface area contributed by atoms with E-state index >= 15 is 0 Å². The summed E-state index contributed by atoms with van der Waals surface area (Å²) in [4.78, 5) is 7.72. The number of nitrogens with one attached hydrogen (secondary N) is 1. The maximum atomic E-state index is 9.52. The highest BCUT2D eigenvalue weighted by molar-refractivity contribution is 9.10. The summed E-state index contributed by atoms with van der Waals surface area (Å²) in [6.45, 7) is 0. The molecule has 4 nitrogen and oxygen atoms in total. The number of anilines is 1. The van der Waals surface area contributed by atoms with Crippen molar-refractivity contribution in [2.45, 2.75) is 0 Å². The molecule has 0 fully saturated rings. The molecule has 0 bridgehead atoms. The summed E-state index contributed by atoms with van der Waals surface area (Å²) in [6, 6.07) is 19.9. The van der Waals surface area contributed by atoms with Gasteiger partial charge in [-0.2, -0.15) is 5.26 Å². The Bertz CT molecular complexity index is 1120. The topological polar surface area (TPSA) is 78.5 Å². The van der Waals surface area contributed by atoms with E-state index in [9.17, 15) is 5.26 Å². The molecule has 4 rings (SSSR count). The highest BCUT2D eigenvalue weighted by Crippen LogP contribution is 2.34. The molecule has 4 aromatic rings. The number of aromatic amines is 1. The molecule has 0 aliphatic carbocycles. The standard InChI is InChI=1S/C20H13BrN4/c21-13-7-5-12(6-8-13)15-9-19(25-20(23)16(15)10-22)17-11-24-18-4-2-1-3-14(17)18/h1-9,11,24H,(H2,23,25). The van der Waals surface area contributed by atoms with Crippen molar-refractivity contribution in [3.8, 4) is 28.5 Å². The zero-order valence-corrected chi connectivity index (χ0v) is 14.7. The lowest BCUT2D eigenvalue weighted by Gasteiger charge is -2.10. The summed E-state index contributed by atoms with van der Waals surface area (Å²) < 4.78 is 0.980. The third-order valence-electron chi connectivity index (χ3n) is 4.18. The maximum Gasteiger partial charge on any atom is 0.142 e. The number of nitrogens with zero attached hydrogens (tertiary/aromatic N) is 2. The number of fused-ring (bicyclic) bond motifs is 1. The molecule has 2 aromatic carbocycles. The Kier molecular flexibility index (Phi) is 3.75. The lowest BCUT2D eigenvalue weighted by molar-refractivity contribution is 1.31. The average molecular weight is 389 g/mol. The molecule has 0 amide bonds. The Balaban J connectivity index is 1.96. The Morgan fingerprint density at radius 3 is 2.56 bits per heavy atom. The second-order valence-corrected chi connectivity index (χ2v) is 6.60. The van der Waals surface area contributed by atoms with Crippen molar-refractivity contribution < 1.29 is 0 Å². The predicted octanol–water partition coefficient (Wildman–Crippen LogP) is 5.11. The fraction of sp³-hybridized carbons (Fsp3) is 0. The van der Waals surface area contributed by atoms with E-state index in [0.29, 0.717) is 5.56 Å². The molecule has 3 N–H and O–H groups in total. The van der Waals surface area contributed by atoms with E-state index in [2.05, 4.69) is 32.0 Å². The van der Waals surface area contributed by atoms with Crippen LogP contribution in [0.1, 0.15) is 5.56 Å². The number of hydrogen-bond acceptors (Lipinski definition) is 3. The van der Waals surface area contributed by atoms with Gasteiger partial charge in [0.05, 0.1) is 5.69 Å². The number of nitriles is 1. The van der Waals surface area contributed by atoms with E-state index < -0.39 is 0 Å². The number of H-pyrrole nitrogens is 1. The van der Waals surface area contributed by atoms with Gasteiger partial charge in [0.2, 0.25) is 0 Å². The summed E-state index contributed by atoms with van der Waals surface area (Å²) in [6.07, 6.45) is 1.92. The number of halogens is 1. The summed E-state index contributed by atoms with van der Waals surface area (Å²) >= 11 is 3.43. The van der Waals surface area contributed by atoms with Crippen LogP contribution in [0.2, 0.25) is 0 Å². The van der Waals surface area contributed by atoms with Gasteiger partial charge in [0.15, 0.2) is 0 Å². The molecule has 0 aliphatic heterocycles. The molecule has 2 aromatic heterocycles. The maximum absolute atomic E-state index is 9.52. The number of nitrogens with two attached hydrogens (primary N) is 1. The second kappa shape index (κ2) is 6.08. The molecular formula is C20H13BrN4. The van der Waals surface area contributed by atoms with E-state index in [-0.39, 0.29) is 5.82 Å². The van der Waals surface area contributed by atoms with Gasteiger partial charge >= 0.3 is 0 Å². The van der Waals surface area contributed by atoms with E-state index in [1.165, 1.54) is 0 Å². The molecule has 0 radical (unpaired) electrons. The zero-order chi connectivity index (χ0) is 17.4. The first kappa shape index (κ1) is 15.4. The minimum Gasteiger partial charge on any atom is -0.383 e. The number of para-hydroxylation sites is 1. The predicted molar refractivity (Wildman–Crippen MR) is 104 cm³/mol. The molecule has 0 unspecified atom stereocenters. The lowest BCUT2D eigenvalue weighted by Crippen LogP contribution is -1.99. The quantitative estimate of drug-likeness (QED) is 0.500. The number of hydrogen-bond donors (Lipinski definition) is 2. The van der Waals surface area contributed by atoms with Crippen LogP contribution in [0.3, 0.4) is 0 Å². The fourth-order valence-corrected chi connectivity index (χ4v) is 3.23. The SMILES string of the molecule is N#Cc1c(-c2ccc(Br)cc2)cc(-c2c[nH]c3ccccc23)nc1N. The first-order valence-electron chi connectivity index (χ1n) is 7.70. The van der Waals surface area contributed by atoms with Gasteiger partial charge in [0, 0.05) is 32.7 Å². The van der Waals surface area contributed by atoms with Gasteiger partial charge in [-0.05, 0) is 29.8 Å². The van der Waals surface area contributed by atoms with Crippen molar-refractivity contribution in [3.63, 3.8) is 0 Å². The van der Waals surface area contributed by atoms with Crippen LogP contribution in [0.25, 0.3) is 33.3 Å². The summed E-state index contributed by atoms with van der Waals surface area (Å²) in [5.74, 6) is 0.239. The fourth-order valence-electron chi connectivity index (χ4n) is 2.96. The monoisotopic (exact) mass is 388 g/mol. The van der Waals surface area contributed by atoms with E-state index in [1.807, 2.05) is 60.8 Å². The Morgan fingerprint density at radius 1 is 1.04 bits per heavy atom. The van der Waals surface area contributed by atoms with Crippen molar-refractivity contribution in [3.05, 3.63) is 70.8 Å². The Labute approximate surface area is 153 Å². The van der Waals surface area contributed by atoms with Gasteiger partial charge in [-0.25, -0.2) is 4.98 Å². The lowest BCUT2D eigenvalue weighted by atomic mass is 9.98. The van der Waals surface area contributed by atoms with Crippen LogP contribution in [-0.2, 0) is 0 Å². The highest BCUT2D eigenvalue weighted by atomic mass is 79.9. The van der Waals surface area contributed by atoms with Gasteiger partial charge in [-0.15, -0.1) is 0 Å². The van der Waals surface area contributed by atoms with Gasteiger partial charge < -0.3 is 10.7 Å². The second-order valence-electron chi connectivity index (χ2n) is 5.68. The molecule has 0 aliphatic rings. The van der Waals surface area contributed by atoms with E-state index in [1.54, 1.807) is 0 Å². The number of aromatic nitrogens is 2. The molecule has 120 valence electrons. The highest BCUT2D eigenvalue weighted by Gasteiger charge is 2.15. The van der Waals surface area contributed by atoms with E-state index in [4.69, 9.17) is 5.73 Å². The first-order chi connectivity index (χ1) is 12.2. The average Bonchev–Trinajstić information content (AvgIpc) is 3.06. The van der Waals surface area contributed by atoms with Crippen molar-refractivity contribution >= 4 is 32.7 Å². The number of benzene rings is 2. The third kappa shape index (κ3) is 2.67. The van der Waals surface area contributed by atoms with Crippen LogP contribution in [0.4, 0.5) is 5.82 Å². The smallest absolute Gasteiger partial charge is 0.142 e. The molecule has 25 heavy (non-hydrogen) atoms. The molecule has 0 spiro atoms. The van der Waals surface area contributed by atoms with Crippen molar-refractivity contribution in [1.82, 2.24) is 9.97 Å². The zero-order valence-electron chi connectivity index (χ0n) is 13.1. The minimum atomic E-state index is 0.239. The Hall–Kier alpha value is -3.10. The molecule has 0 atom stereocenters. The van der Waals surface area contributed by atoms with Crippen molar-refractivity contribution in [1.29, 1.82) is 5.26 Å². The van der Waals surface area contributed by atoms with Crippen LogP contribution < -0.4 is 5.73 Å².